The molecule has 2 rings (SSSR count). The standard InChI is InChI=1S/C16H23NO2/c1-11-5-6-12(2)13(9-11)15(19)17-8-7-14(18)16(3,4)10-17/h5-6,9,14,18H,7-8,10H2,1-4H3. The molecule has 0 aromatic heterocycles. The maximum Gasteiger partial charge on any atom is 0.254 e. The summed E-state index contributed by atoms with van der Waals surface area (Å²) in [5.41, 5.74) is 2.67. The van der Waals surface area contributed by atoms with Gasteiger partial charge in [0.15, 0.2) is 0 Å². The van der Waals surface area contributed by atoms with Crippen molar-refractivity contribution < 1.29 is 9.90 Å². The van der Waals surface area contributed by atoms with Gasteiger partial charge in [-0.3, -0.25) is 4.79 Å². The van der Waals surface area contributed by atoms with Crippen LogP contribution >= 0.6 is 0 Å². The zero-order valence-electron chi connectivity index (χ0n) is 12.2. The molecule has 104 valence electrons. The molecule has 1 aromatic carbocycles. The van der Waals surface area contributed by atoms with E-state index >= 15 is 0 Å². The van der Waals surface area contributed by atoms with Crippen molar-refractivity contribution in [3.8, 4) is 0 Å². The number of hydrogen-bond acceptors (Lipinski definition) is 2. The first-order chi connectivity index (χ1) is 8.81. The Hall–Kier alpha value is -1.35. The van der Waals surface area contributed by atoms with Crippen LogP contribution in [0, 0.1) is 19.3 Å². The number of aryl methyl sites for hydroxylation is 2. The Morgan fingerprint density at radius 3 is 2.68 bits per heavy atom. The Morgan fingerprint density at radius 1 is 1.37 bits per heavy atom. The summed E-state index contributed by atoms with van der Waals surface area (Å²) in [5.74, 6) is 0.0844. The summed E-state index contributed by atoms with van der Waals surface area (Å²) < 4.78 is 0. The second-order valence-corrected chi connectivity index (χ2v) is 6.34. The quantitative estimate of drug-likeness (QED) is 0.844. The summed E-state index contributed by atoms with van der Waals surface area (Å²) in [4.78, 5) is 14.5. The van der Waals surface area contributed by atoms with Crippen LogP contribution in [0.15, 0.2) is 18.2 Å². The number of aliphatic hydroxyl groups excluding tert-OH is 1. The smallest absolute Gasteiger partial charge is 0.254 e. The molecule has 3 heteroatoms. The molecule has 0 spiro atoms. The highest BCUT2D eigenvalue weighted by atomic mass is 16.3. The molecule has 0 radical (unpaired) electrons. The fourth-order valence-corrected chi connectivity index (χ4v) is 2.66. The van der Waals surface area contributed by atoms with E-state index in [1.807, 2.05) is 50.8 Å². The number of likely N-dealkylation sites (tertiary alicyclic amines) is 1. The van der Waals surface area contributed by atoms with E-state index in [4.69, 9.17) is 0 Å². The molecule has 1 saturated heterocycles. The topological polar surface area (TPSA) is 40.5 Å². The van der Waals surface area contributed by atoms with Crippen molar-refractivity contribution in [3.05, 3.63) is 34.9 Å². The minimum atomic E-state index is -0.324. The molecule has 1 aliphatic rings. The summed E-state index contributed by atoms with van der Waals surface area (Å²) in [7, 11) is 0. The summed E-state index contributed by atoms with van der Waals surface area (Å²) in [6.07, 6.45) is 0.332. The van der Waals surface area contributed by atoms with Gasteiger partial charge in [0.25, 0.3) is 5.91 Å². The predicted octanol–water partition coefficient (Wildman–Crippen LogP) is 2.54. The molecule has 1 unspecified atom stereocenters. The highest BCUT2D eigenvalue weighted by Gasteiger charge is 2.36. The zero-order chi connectivity index (χ0) is 14.2. The van der Waals surface area contributed by atoms with Crippen LogP contribution in [-0.4, -0.2) is 35.1 Å². The number of carbonyl (C=O) groups excluding carboxylic acids is 1. The van der Waals surface area contributed by atoms with E-state index in [1.165, 1.54) is 0 Å². The van der Waals surface area contributed by atoms with Crippen LogP contribution in [0.5, 0.6) is 0 Å². The minimum absolute atomic E-state index is 0.0844. The maximum atomic E-state index is 12.6. The van der Waals surface area contributed by atoms with Gasteiger partial charge >= 0.3 is 0 Å². The lowest BCUT2D eigenvalue weighted by atomic mass is 9.81. The average Bonchev–Trinajstić information content (AvgIpc) is 2.35. The molecule has 3 nitrogen and oxygen atoms in total. The molecule has 1 aliphatic heterocycles. The first-order valence-corrected chi connectivity index (χ1v) is 6.86. The van der Waals surface area contributed by atoms with Crippen LogP contribution in [0.2, 0.25) is 0 Å². The number of hydrogen-bond donors (Lipinski definition) is 1. The Labute approximate surface area is 115 Å². The monoisotopic (exact) mass is 261 g/mol. The van der Waals surface area contributed by atoms with Gasteiger partial charge in [0, 0.05) is 24.1 Å². The van der Waals surface area contributed by atoms with Crippen LogP contribution in [0.25, 0.3) is 0 Å². The summed E-state index contributed by atoms with van der Waals surface area (Å²) >= 11 is 0. The molecule has 1 N–H and O–H groups in total. The summed E-state index contributed by atoms with van der Waals surface area (Å²) in [6.45, 7) is 9.24. The largest absolute Gasteiger partial charge is 0.392 e. The summed E-state index contributed by atoms with van der Waals surface area (Å²) in [5, 5.41) is 9.97. The second-order valence-electron chi connectivity index (χ2n) is 6.34. The minimum Gasteiger partial charge on any atom is -0.392 e. The van der Waals surface area contributed by atoms with Crippen LogP contribution in [0.1, 0.15) is 41.8 Å². The van der Waals surface area contributed by atoms with Gasteiger partial charge in [-0.15, -0.1) is 0 Å². The van der Waals surface area contributed by atoms with Crippen molar-refractivity contribution in [2.75, 3.05) is 13.1 Å². The lowest BCUT2D eigenvalue weighted by Crippen LogP contribution is -2.50. The number of carbonyl (C=O) groups is 1. The fourth-order valence-electron chi connectivity index (χ4n) is 2.66. The fraction of sp³-hybridized carbons (Fsp3) is 0.562. The van der Waals surface area contributed by atoms with Gasteiger partial charge in [0.05, 0.1) is 6.10 Å². The second kappa shape index (κ2) is 4.97. The zero-order valence-corrected chi connectivity index (χ0v) is 12.2. The number of amides is 1. The average molecular weight is 261 g/mol. The van der Waals surface area contributed by atoms with Crippen molar-refractivity contribution in [1.82, 2.24) is 4.90 Å². The van der Waals surface area contributed by atoms with Crippen molar-refractivity contribution in [2.24, 2.45) is 5.41 Å². The molecule has 19 heavy (non-hydrogen) atoms. The Bertz CT molecular complexity index is 494. The number of rotatable bonds is 1. The molecule has 1 heterocycles. The molecule has 0 aliphatic carbocycles. The van der Waals surface area contributed by atoms with E-state index in [0.717, 1.165) is 16.7 Å². The Morgan fingerprint density at radius 2 is 2.05 bits per heavy atom. The lowest BCUT2D eigenvalue weighted by molar-refractivity contribution is -0.0182. The molecule has 1 amide bonds. The van der Waals surface area contributed by atoms with Gasteiger partial charge in [-0.25, -0.2) is 0 Å². The van der Waals surface area contributed by atoms with E-state index in [2.05, 4.69) is 0 Å². The molecule has 1 fully saturated rings. The van der Waals surface area contributed by atoms with Gasteiger partial charge < -0.3 is 10.0 Å². The molecular weight excluding hydrogens is 238 g/mol. The number of benzene rings is 1. The molecule has 1 atom stereocenters. The van der Waals surface area contributed by atoms with Crippen LogP contribution in [-0.2, 0) is 0 Å². The predicted molar refractivity (Wildman–Crippen MR) is 76.2 cm³/mol. The van der Waals surface area contributed by atoms with Crippen molar-refractivity contribution in [3.63, 3.8) is 0 Å². The van der Waals surface area contributed by atoms with Gasteiger partial charge in [0.2, 0.25) is 0 Å². The van der Waals surface area contributed by atoms with Gasteiger partial charge in [-0.2, -0.15) is 0 Å². The molecular formula is C16H23NO2. The van der Waals surface area contributed by atoms with E-state index in [-0.39, 0.29) is 17.4 Å². The van der Waals surface area contributed by atoms with E-state index < -0.39 is 0 Å². The van der Waals surface area contributed by atoms with E-state index in [0.29, 0.717) is 19.5 Å². The first-order valence-electron chi connectivity index (χ1n) is 6.86. The molecule has 1 aromatic rings. The first kappa shape index (κ1) is 14.1. The lowest BCUT2D eigenvalue weighted by Gasteiger charge is -2.42. The Kier molecular flexibility index (Phi) is 3.68. The number of aliphatic hydroxyl groups is 1. The maximum absolute atomic E-state index is 12.6. The molecule has 0 saturated carbocycles. The number of piperidine rings is 1. The van der Waals surface area contributed by atoms with Crippen molar-refractivity contribution >= 4 is 5.91 Å². The SMILES string of the molecule is Cc1ccc(C)c(C(=O)N2CCC(O)C(C)(C)C2)c1. The summed E-state index contributed by atoms with van der Waals surface area (Å²) in [6, 6.07) is 5.97. The van der Waals surface area contributed by atoms with Crippen molar-refractivity contribution in [1.29, 1.82) is 0 Å². The third-order valence-electron chi connectivity index (χ3n) is 4.08. The highest BCUT2D eigenvalue weighted by Crippen LogP contribution is 2.30. The molecule has 0 bridgehead atoms. The van der Waals surface area contributed by atoms with Gasteiger partial charge in [0.1, 0.15) is 0 Å². The number of nitrogens with zero attached hydrogens (tertiary/aromatic N) is 1. The van der Waals surface area contributed by atoms with Crippen LogP contribution in [0.3, 0.4) is 0 Å². The van der Waals surface area contributed by atoms with Crippen LogP contribution in [0.4, 0.5) is 0 Å². The highest BCUT2D eigenvalue weighted by molar-refractivity contribution is 5.96. The van der Waals surface area contributed by atoms with E-state index in [1.54, 1.807) is 0 Å². The van der Waals surface area contributed by atoms with Gasteiger partial charge in [-0.05, 0) is 31.9 Å². The normalized spacial score (nSPS) is 22.4. The van der Waals surface area contributed by atoms with Crippen LogP contribution < -0.4 is 0 Å². The third-order valence-corrected chi connectivity index (χ3v) is 4.08. The Balaban J connectivity index is 2.23. The third kappa shape index (κ3) is 2.81. The van der Waals surface area contributed by atoms with Gasteiger partial charge in [-0.1, -0.05) is 31.5 Å². The van der Waals surface area contributed by atoms with Crippen molar-refractivity contribution in [2.45, 2.75) is 40.2 Å². The van der Waals surface area contributed by atoms with E-state index in [9.17, 15) is 9.90 Å².